The topological polar surface area (TPSA) is 47.1 Å². The number of H-pyrrole nitrogens is 1. The SMILES string of the molecule is Cc1ccc(-c2nc3cc4c(cc3[nH]2)OCCO4)s1. The van der Waals surface area contributed by atoms with Gasteiger partial charge in [-0.1, -0.05) is 0 Å². The summed E-state index contributed by atoms with van der Waals surface area (Å²) in [5, 5.41) is 0. The van der Waals surface area contributed by atoms with E-state index in [0.29, 0.717) is 13.2 Å². The number of aryl methyl sites for hydroxylation is 1. The van der Waals surface area contributed by atoms with Gasteiger partial charge in [0.25, 0.3) is 0 Å². The van der Waals surface area contributed by atoms with Crippen molar-refractivity contribution in [3.63, 3.8) is 0 Å². The first-order chi connectivity index (χ1) is 9.29. The number of imidazole rings is 1. The minimum Gasteiger partial charge on any atom is -0.486 e. The Hall–Kier alpha value is -2.01. The first kappa shape index (κ1) is 10.9. The van der Waals surface area contributed by atoms with Crippen molar-refractivity contribution < 1.29 is 9.47 Å². The maximum atomic E-state index is 5.58. The summed E-state index contributed by atoms with van der Waals surface area (Å²) in [6.45, 7) is 3.29. The lowest BCUT2D eigenvalue weighted by atomic mass is 10.2. The third kappa shape index (κ3) is 1.77. The summed E-state index contributed by atoms with van der Waals surface area (Å²) in [7, 11) is 0. The second-order valence-electron chi connectivity index (χ2n) is 4.51. The molecule has 0 aliphatic carbocycles. The van der Waals surface area contributed by atoms with Gasteiger partial charge in [-0.05, 0) is 19.1 Å². The molecule has 4 rings (SSSR count). The van der Waals surface area contributed by atoms with Gasteiger partial charge in [0.1, 0.15) is 19.0 Å². The molecule has 0 saturated heterocycles. The van der Waals surface area contributed by atoms with E-state index in [9.17, 15) is 0 Å². The molecular formula is C14H12N2O2S. The van der Waals surface area contributed by atoms with Crippen molar-refractivity contribution in [2.45, 2.75) is 6.92 Å². The molecule has 96 valence electrons. The van der Waals surface area contributed by atoms with E-state index in [4.69, 9.17) is 9.47 Å². The van der Waals surface area contributed by atoms with Gasteiger partial charge in [-0.25, -0.2) is 4.98 Å². The molecule has 0 amide bonds. The van der Waals surface area contributed by atoms with Gasteiger partial charge in [0, 0.05) is 17.0 Å². The highest BCUT2D eigenvalue weighted by molar-refractivity contribution is 7.15. The Morgan fingerprint density at radius 2 is 1.95 bits per heavy atom. The summed E-state index contributed by atoms with van der Waals surface area (Å²) in [4.78, 5) is 10.4. The third-order valence-electron chi connectivity index (χ3n) is 3.12. The zero-order valence-electron chi connectivity index (χ0n) is 10.4. The van der Waals surface area contributed by atoms with Gasteiger partial charge in [-0.3, -0.25) is 0 Å². The van der Waals surface area contributed by atoms with Crippen molar-refractivity contribution in [1.82, 2.24) is 9.97 Å². The smallest absolute Gasteiger partial charge is 0.163 e. The lowest BCUT2D eigenvalue weighted by molar-refractivity contribution is 0.172. The van der Waals surface area contributed by atoms with Gasteiger partial charge in [0.05, 0.1) is 15.9 Å². The molecule has 1 aliphatic heterocycles. The van der Waals surface area contributed by atoms with Crippen molar-refractivity contribution in [3.8, 4) is 22.2 Å². The summed E-state index contributed by atoms with van der Waals surface area (Å²) < 4.78 is 11.2. The van der Waals surface area contributed by atoms with E-state index in [-0.39, 0.29) is 0 Å². The van der Waals surface area contributed by atoms with Crippen LogP contribution in [0.2, 0.25) is 0 Å². The fourth-order valence-electron chi connectivity index (χ4n) is 2.23. The second kappa shape index (κ2) is 3.99. The Morgan fingerprint density at radius 3 is 2.68 bits per heavy atom. The van der Waals surface area contributed by atoms with Gasteiger partial charge < -0.3 is 14.5 Å². The Kier molecular flexibility index (Phi) is 2.29. The molecule has 0 radical (unpaired) electrons. The van der Waals surface area contributed by atoms with E-state index in [0.717, 1.165) is 33.2 Å². The number of rotatable bonds is 1. The molecule has 4 nitrogen and oxygen atoms in total. The van der Waals surface area contributed by atoms with Gasteiger partial charge in [-0.2, -0.15) is 0 Å². The third-order valence-corrected chi connectivity index (χ3v) is 4.13. The summed E-state index contributed by atoms with van der Waals surface area (Å²) in [5.41, 5.74) is 1.88. The molecule has 3 heterocycles. The van der Waals surface area contributed by atoms with Gasteiger partial charge >= 0.3 is 0 Å². The van der Waals surface area contributed by atoms with Gasteiger partial charge in [-0.15, -0.1) is 11.3 Å². The summed E-state index contributed by atoms with van der Waals surface area (Å²) in [6.07, 6.45) is 0. The molecule has 3 aromatic rings. The molecule has 0 unspecified atom stereocenters. The largest absolute Gasteiger partial charge is 0.486 e. The lowest BCUT2D eigenvalue weighted by Crippen LogP contribution is -2.15. The first-order valence-electron chi connectivity index (χ1n) is 6.16. The number of ether oxygens (including phenoxy) is 2. The van der Waals surface area contributed by atoms with Gasteiger partial charge in [0.15, 0.2) is 11.5 Å². The number of hydrogen-bond acceptors (Lipinski definition) is 4. The van der Waals surface area contributed by atoms with Crippen molar-refractivity contribution >= 4 is 22.4 Å². The number of thiophene rings is 1. The molecule has 1 aromatic carbocycles. The normalized spacial score (nSPS) is 13.9. The average Bonchev–Trinajstić information content (AvgIpc) is 3.01. The van der Waals surface area contributed by atoms with Crippen LogP contribution in [-0.2, 0) is 0 Å². The van der Waals surface area contributed by atoms with Crippen LogP contribution < -0.4 is 9.47 Å². The molecule has 0 fully saturated rings. The Morgan fingerprint density at radius 1 is 1.16 bits per heavy atom. The second-order valence-corrected chi connectivity index (χ2v) is 5.80. The number of fused-ring (bicyclic) bond motifs is 2. The predicted octanol–water partition coefficient (Wildman–Crippen LogP) is 3.37. The zero-order chi connectivity index (χ0) is 12.8. The van der Waals surface area contributed by atoms with Crippen LogP contribution in [-0.4, -0.2) is 23.2 Å². The minimum atomic E-state index is 0.597. The maximum absolute atomic E-state index is 5.58. The van der Waals surface area contributed by atoms with Crippen LogP contribution in [0.4, 0.5) is 0 Å². The highest BCUT2D eigenvalue weighted by Crippen LogP contribution is 2.35. The molecule has 1 aliphatic rings. The summed E-state index contributed by atoms with van der Waals surface area (Å²) in [6, 6.07) is 8.08. The van der Waals surface area contributed by atoms with Crippen LogP contribution in [0.3, 0.4) is 0 Å². The molecule has 2 aromatic heterocycles. The highest BCUT2D eigenvalue weighted by Gasteiger charge is 2.15. The van der Waals surface area contributed by atoms with E-state index in [2.05, 4.69) is 29.0 Å². The van der Waals surface area contributed by atoms with Crippen LogP contribution in [0.15, 0.2) is 24.3 Å². The van der Waals surface area contributed by atoms with E-state index < -0.39 is 0 Å². The fraction of sp³-hybridized carbons (Fsp3) is 0.214. The van der Waals surface area contributed by atoms with Crippen LogP contribution in [0.1, 0.15) is 4.88 Å². The van der Waals surface area contributed by atoms with Crippen molar-refractivity contribution in [2.75, 3.05) is 13.2 Å². The Labute approximate surface area is 114 Å². The highest BCUT2D eigenvalue weighted by atomic mass is 32.1. The van der Waals surface area contributed by atoms with Gasteiger partial charge in [0.2, 0.25) is 0 Å². The van der Waals surface area contributed by atoms with E-state index in [1.54, 1.807) is 11.3 Å². The number of nitrogens with one attached hydrogen (secondary N) is 1. The van der Waals surface area contributed by atoms with Crippen LogP contribution >= 0.6 is 11.3 Å². The van der Waals surface area contributed by atoms with E-state index in [1.165, 1.54) is 4.88 Å². The molecule has 1 N–H and O–H groups in total. The number of aromatic nitrogens is 2. The first-order valence-corrected chi connectivity index (χ1v) is 6.97. The number of hydrogen-bond donors (Lipinski definition) is 1. The number of benzene rings is 1. The summed E-state index contributed by atoms with van der Waals surface area (Å²) >= 11 is 1.73. The van der Waals surface area contributed by atoms with Crippen LogP contribution in [0.25, 0.3) is 21.7 Å². The molecule has 0 atom stereocenters. The molecular weight excluding hydrogens is 260 g/mol. The maximum Gasteiger partial charge on any atom is 0.163 e. The van der Waals surface area contributed by atoms with Crippen LogP contribution in [0.5, 0.6) is 11.5 Å². The molecule has 0 spiro atoms. The van der Waals surface area contributed by atoms with Crippen molar-refractivity contribution in [1.29, 1.82) is 0 Å². The quantitative estimate of drug-likeness (QED) is 0.738. The number of aromatic amines is 1. The fourth-order valence-corrected chi connectivity index (χ4v) is 3.04. The summed E-state index contributed by atoms with van der Waals surface area (Å²) in [5.74, 6) is 2.46. The Bertz CT molecular complexity index is 717. The van der Waals surface area contributed by atoms with Crippen LogP contribution in [0, 0.1) is 6.92 Å². The number of nitrogens with zero attached hydrogens (tertiary/aromatic N) is 1. The minimum absolute atomic E-state index is 0.597. The molecule has 19 heavy (non-hydrogen) atoms. The van der Waals surface area contributed by atoms with E-state index >= 15 is 0 Å². The molecule has 5 heteroatoms. The zero-order valence-corrected chi connectivity index (χ0v) is 11.2. The lowest BCUT2D eigenvalue weighted by Gasteiger charge is -2.17. The Balaban J connectivity index is 1.87. The standard InChI is InChI=1S/C14H12N2O2S/c1-8-2-3-13(19-8)14-15-9-6-11-12(7-10(9)16-14)18-5-4-17-11/h2-3,6-7H,4-5H2,1H3,(H,15,16). The molecule has 0 bridgehead atoms. The average molecular weight is 272 g/mol. The predicted molar refractivity (Wildman–Crippen MR) is 75.1 cm³/mol. The monoisotopic (exact) mass is 272 g/mol. The van der Waals surface area contributed by atoms with E-state index in [1.807, 2.05) is 12.1 Å². The molecule has 0 saturated carbocycles. The van der Waals surface area contributed by atoms with Crippen molar-refractivity contribution in [3.05, 3.63) is 29.1 Å². The van der Waals surface area contributed by atoms with Crippen molar-refractivity contribution in [2.24, 2.45) is 0 Å².